The summed E-state index contributed by atoms with van der Waals surface area (Å²) in [4.78, 5) is 4.40. The van der Waals surface area contributed by atoms with E-state index < -0.39 is 0 Å². The molecule has 0 saturated heterocycles. The molecular formula is C11H14BrN3O2. The fraction of sp³-hybridized carbons (Fsp3) is 0.364. The first kappa shape index (κ1) is 12.3. The number of nitrogens with two attached hydrogens (primary N) is 1. The molecule has 0 saturated carbocycles. The van der Waals surface area contributed by atoms with Crippen molar-refractivity contribution in [1.29, 1.82) is 0 Å². The quantitative estimate of drug-likeness (QED) is 0.856. The topological polar surface area (TPSA) is 61.8 Å². The number of nitrogens with zero attached hydrogens (tertiary/aromatic N) is 2. The molecule has 2 aromatic rings. The first-order valence-electron chi connectivity index (χ1n) is 5.21. The summed E-state index contributed by atoms with van der Waals surface area (Å²) in [6.45, 7) is 1.50. The Kier molecular flexibility index (Phi) is 3.98. The molecule has 0 amide bonds. The van der Waals surface area contributed by atoms with Gasteiger partial charge in [-0.3, -0.25) is 4.40 Å². The standard InChI is InChI=1S/C11H14BrN3O2/c1-16-4-5-17-7-9-11(13)15-6-8(12)2-3-10(15)14-9/h2-3,6H,4-5,7,13H2,1H3. The van der Waals surface area contributed by atoms with E-state index in [9.17, 15) is 0 Å². The van der Waals surface area contributed by atoms with E-state index in [-0.39, 0.29) is 0 Å². The molecule has 5 nitrogen and oxygen atoms in total. The number of aromatic nitrogens is 2. The number of hydrogen-bond donors (Lipinski definition) is 1. The third kappa shape index (κ3) is 2.77. The van der Waals surface area contributed by atoms with Crippen molar-refractivity contribution in [2.24, 2.45) is 0 Å². The normalized spacial score (nSPS) is 11.2. The lowest BCUT2D eigenvalue weighted by Gasteiger charge is -2.01. The van der Waals surface area contributed by atoms with Gasteiger partial charge in [-0.05, 0) is 28.1 Å². The second kappa shape index (κ2) is 5.48. The Morgan fingerprint density at radius 3 is 3.00 bits per heavy atom. The maximum Gasteiger partial charge on any atom is 0.138 e. The summed E-state index contributed by atoms with van der Waals surface area (Å²) in [6, 6.07) is 3.83. The molecule has 0 aliphatic rings. The predicted octanol–water partition coefficient (Wildman–Crippen LogP) is 1.84. The van der Waals surface area contributed by atoms with Crippen molar-refractivity contribution in [2.75, 3.05) is 26.1 Å². The van der Waals surface area contributed by atoms with Gasteiger partial charge in [0.05, 0.1) is 19.8 Å². The van der Waals surface area contributed by atoms with E-state index in [4.69, 9.17) is 15.2 Å². The number of ether oxygens (including phenoxy) is 2. The van der Waals surface area contributed by atoms with Crippen LogP contribution in [0, 0.1) is 0 Å². The first-order valence-corrected chi connectivity index (χ1v) is 6.00. The maximum atomic E-state index is 5.99. The molecule has 0 aliphatic carbocycles. The third-order valence-electron chi connectivity index (χ3n) is 2.37. The predicted molar refractivity (Wildman–Crippen MR) is 68.8 cm³/mol. The van der Waals surface area contributed by atoms with Crippen LogP contribution >= 0.6 is 15.9 Å². The molecule has 2 heterocycles. The van der Waals surface area contributed by atoms with Crippen LogP contribution in [-0.2, 0) is 16.1 Å². The number of nitrogen functional groups attached to an aromatic ring is 1. The summed E-state index contributed by atoms with van der Waals surface area (Å²) < 4.78 is 13.1. The van der Waals surface area contributed by atoms with E-state index in [0.717, 1.165) is 15.8 Å². The Morgan fingerprint density at radius 1 is 1.41 bits per heavy atom. The SMILES string of the molecule is COCCOCc1nc2ccc(Br)cn2c1N. The molecule has 0 unspecified atom stereocenters. The van der Waals surface area contributed by atoms with Crippen LogP contribution in [0.1, 0.15) is 5.69 Å². The number of methoxy groups -OCH3 is 1. The molecule has 0 aliphatic heterocycles. The minimum absolute atomic E-state index is 0.397. The molecule has 0 spiro atoms. The molecule has 0 fully saturated rings. The fourth-order valence-corrected chi connectivity index (χ4v) is 1.84. The van der Waals surface area contributed by atoms with Gasteiger partial charge in [0.2, 0.25) is 0 Å². The van der Waals surface area contributed by atoms with Gasteiger partial charge < -0.3 is 15.2 Å². The highest BCUT2D eigenvalue weighted by molar-refractivity contribution is 9.10. The van der Waals surface area contributed by atoms with E-state index in [1.165, 1.54) is 0 Å². The average Bonchev–Trinajstić information content (AvgIpc) is 2.62. The molecule has 2 N–H and O–H groups in total. The van der Waals surface area contributed by atoms with Crippen LogP contribution in [0.15, 0.2) is 22.8 Å². The number of pyridine rings is 1. The molecule has 2 aromatic heterocycles. The molecule has 6 heteroatoms. The Morgan fingerprint density at radius 2 is 2.24 bits per heavy atom. The summed E-state index contributed by atoms with van der Waals surface area (Å²) in [7, 11) is 1.64. The Bertz CT molecular complexity index is 513. The van der Waals surface area contributed by atoms with Gasteiger partial charge in [-0.2, -0.15) is 0 Å². The lowest BCUT2D eigenvalue weighted by Crippen LogP contribution is -2.04. The van der Waals surface area contributed by atoms with Crippen molar-refractivity contribution in [3.63, 3.8) is 0 Å². The minimum Gasteiger partial charge on any atom is -0.383 e. The van der Waals surface area contributed by atoms with Crippen LogP contribution in [0.4, 0.5) is 5.82 Å². The molecule has 0 atom stereocenters. The van der Waals surface area contributed by atoms with Gasteiger partial charge in [0.1, 0.15) is 17.2 Å². The van der Waals surface area contributed by atoms with Crippen LogP contribution in [0.25, 0.3) is 5.65 Å². The second-order valence-electron chi connectivity index (χ2n) is 3.56. The summed E-state index contributed by atoms with van der Waals surface area (Å²) in [5, 5.41) is 0. The highest BCUT2D eigenvalue weighted by Crippen LogP contribution is 2.19. The molecule has 2 rings (SSSR count). The van der Waals surface area contributed by atoms with Gasteiger partial charge in [0, 0.05) is 17.8 Å². The number of rotatable bonds is 5. The summed E-state index contributed by atoms with van der Waals surface area (Å²) in [6.07, 6.45) is 1.89. The molecule has 0 bridgehead atoms. The second-order valence-corrected chi connectivity index (χ2v) is 4.48. The van der Waals surface area contributed by atoms with Gasteiger partial charge in [0.25, 0.3) is 0 Å². The Balaban J connectivity index is 2.15. The fourth-order valence-electron chi connectivity index (χ4n) is 1.50. The number of anilines is 1. The third-order valence-corrected chi connectivity index (χ3v) is 2.84. The van der Waals surface area contributed by atoms with Gasteiger partial charge in [-0.25, -0.2) is 4.98 Å². The molecule has 92 valence electrons. The van der Waals surface area contributed by atoms with E-state index >= 15 is 0 Å². The van der Waals surface area contributed by atoms with E-state index in [1.54, 1.807) is 7.11 Å². The monoisotopic (exact) mass is 299 g/mol. The molecule has 0 aromatic carbocycles. The van der Waals surface area contributed by atoms with Crippen LogP contribution < -0.4 is 5.73 Å². The average molecular weight is 300 g/mol. The molecule has 0 radical (unpaired) electrons. The Labute approximate surface area is 108 Å². The summed E-state index contributed by atoms with van der Waals surface area (Å²) in [5.74, 6) is 0.610. The van der Waals surface area contributed by atoms with Crippen LogP contribution in [0.5, 0.6) is 0 Å². The van der Waals surface area contributed by atoms with Crippen molar-refractivity contribution in [3.05, 3.63) is 28.5 Å². The molecular weight excluding hydrogens is 286 g/mol. The van der Waals surface area contributed by atoms with Crippen molar-refractivity contribution in [3.8, 4) is 0 Å². The maximum absolute atomic E-state index is 5.99. The van der Waals surface area contributed by atoms with Gasteiger partial charge in [-0.1, -0.05) is 0 Å². The first-order chi connectivity index (χ1) is 8.22. The zero-order chi connectivity index (χ0) is 12.3. The van der Waals surface area contributed by atoms with Gasteiger partial charge in [-0.15, -0.1) is 0 Å². The van der Waals surface area contributed by atoms with Crippen LogP contribution in [0.3, 0.4) is 0 Å². The Hall–Kier alpha value is -1.11. The number of imidazole rings is 1. The highest BCUT2D eigenvalue weighted by Gasteiger charge is 2.09. The largest absolute Gasteiger partial charge is 0.383 e. The van der Waals surface area contributed by atoms with Crippen molar-refractivity contribution in [1.82, 2.24) is 9.38 Å². The van der Waals surface area contributed by atoms with Crippen molar-refractivity contribution in [2.45, 2.75) is 6.61 Å². The highest BCUT2D eigenvalue weighted by atomic mass is 79.9. The zero-order valence-corrected chi connectivity index (χ0v) is 11.1. The smallest absolute Gasteiger partial charge is 0.138 e. The van der Waals surface area contributed by atoms with Crippen molar-refractivity contribution >= 4 is 27.4 Å². The van der Waals surface area contributed by atoms with Crippen LogP contribution in [0.2, 0.25) is 0 Å². The number of hydrogen-bond acceptors (Lipinski definition) is 4. The lowest BCUT2D eigenvalue weighted by atomic mass is 10.4. The van der Waals surface area contributed by atoms with Crippen molar-refractivity contribution < 1.29 is 9.47 Å². The van der Waals surface area contributed by atoms with Gasteiger partial charge in [0.15, 0.2) is 0 Å². The van der Waals surface area contributed by atoms with E-state index in [2.05, 4.69) is 20.9 Å². The van der Waals surface area contributed by atoms with Gasteiger partial charge >= 0.3 is 0 Å². The minimum atomic E-state index is 0.397. The van der Waals surface area contributed by atoms with E-state index in [1.807, 2.05) is 22.7 Å². The van der Waals surface area contributed by atoms with Crippen LogP contribution in [-0.4, -0.2) is 29.7 Å². The lowest BCUT2D eigenvalue weighted by molar-refractivity contribution is 0.0606. The zero-order valence-electron chi connectivity index (χ0n) is 9.52. The summed E-state index contributed by atoms with van der Waals surface area (Å²) in [5.41, 5.74) is 7.56. The van der Waals surface area contributed by atoms with E-state index in [0.29, 0.717) is 25.6 Å². The number of fused-ring (bicyclic) bond motifs is 1. The number of halogens is 1. The molecule has 17 heavy (non-hydrogen) atoms. The summed E-state index contributed by atoms with van der Waals surface area (Å²) >= 11 is 3.40.